The molecule has 1 aromatic carbocycles. The maximum absolute atomic E-state index is 13.3. The van der Waals surface area contributed by atoms with E-state index in [1.807, 2.05) is 13.0 Å². The highest BCUT2D eigenvalue weighted by atomic mass is 19.1. The highest BCUT2D eigenvalue weighted by molar-refractivity contribution is 5.79. The van der Waals surface area contributed by atoms with Crippen molar-refractivity contribution < 1.29 is 9.13 Å². The molecule has 6 heteroatoms. The zero-order valence-corrected chi connectivity index (χ0v) is 14.1. The third kappa shape index (κ3) is 6.15. The molecule has 0 bridgehead atoms. The van der Waals surface area contributed by atoms with Crippen LogP contribution in [0.25, 0.3) is 0 Å². The van der Waals surface area contributed by atoms with Crippen molar-refractivity contribution in [2.24, 2.45) is 4.99 Å². The van der Waals surface area contributed by atoms with Crippen LogP contribution in [-0.4, -0.2) is 56.8 Å². The Kier molecular flexibility index (Phi) is 7.29. The van der Waals surface area contributed by atoms with E-state index in [0.29, 0.717) is 12.1 Å². The number of hydrogen-bond acceptors (Lipinski definition) is 3. The molecule has 2 rings (SSSR count). The molecule has 0 unspecified atom stereocenters. The predicted octanol–water partition coefficient (Wildman–Crippen LogP) is 1.52. The predicted molar refractivity (Wildman–Crippen MR) is 91.2 cm³/mol. The van der Waals surface area contributed by atoms with Crippen LogP contribution in [0.15, 0.2) is 23.2 Å². The van der Waals surface area contributed by atoms with E-state index in [0.717, 1.165) is 57.5 Å². The Morgan fingerprint density at radius 2 is 2.09 bits per heavy atom. The van der Waals surface area contributed by atoms with E-state index in [2.05, 4.69) is 20.5 Å². The summed E-state index contributed by atoms with van der Waals surface area (Å²) >= 11 is 0. The average molecular weight is 322 g/mol. The maximum Gasteiger partial charge on any atom is 0.191 e. The highest BCUT2D eigenvalue weighted by Crippen LogP contribution is 2.10. The van der Waals surface area contributed by atoms with E-state index >= 15 is 0 Å². The number of hydrogen-bond donors (Lipinski definition) is 2. The van der Waals surface area contributed by atoms with Crippen molar-refractivity contribution in [3.05, 3.63) is 35.1 Å². The quantitative estimate of drug-likeness (QED) is 0.616. The summed E-state index contributed by atoms with van der Waals surface area (Å²) in [7, 11) is 0. The summed E-state index contributed by atoms with van der Waals surface area (Å²) in [6, 6.07) is 5.12. The van der Waals surface area contributed by atoms with Crippen LogP contribution in [0.4, 0.5) is 4.39 Å². The van der Waals surface area contributed by atoms with Gasteiger partial charge in [-0.3, -0.25) is 4.90 Å². The van der Waals surface area contributed by atoms with E-state index in [4.69, 9.17) is 4.74 Å². The molecule has 2 N–H and O–H groups in total. The van der Waals surface area contributed by atoms with Crippen LogP contribution in [0.2, 0.25) is 0 Å². The second-order valence-corrected chi connectivity index (χ2v) is 5.66. The summed E-state index contributed by atoms with van der Waals surface area (Å²) in [5.74, 6) is 0.621. The number of aliphatic imine (C=N–C) groups is 1. The second kappa shape index (κ2) is 9.47. The van der Waals surface area contributed by atoms with Crippen LogP contribution in [0.5, 0.6) is 0 Å². The zero-order chi connectivity index (χ0) is 16.5. The normalized spacial score (nSPS) is 16.4. The first-order valence-corrected chi connectivity index (χ1v) is 8.26. The smallest absolute Gasteiger partial charge is 0.191 e. The van der Waals surface area contributed by atoms with Crippen molar-refractivity contribution in [1.82, 2.24) is 15.5 Å². The molecule has 1 aliphatic rings. The van der Waals surface area contributed by atoms with Gasteiger partial charge in [-0.2, -0.15) is 0 Å². The molecule has 0 aromatic heterocycles. The number of morpholine rings is 1. The van der Waals surface area contributed by atoms with Crippen LogP contribution in [0.3, 0.4) is 0 Å². The lowest BCUT2D eigenvalue weighted by Crippen LogP contribution is -2.44. The van der Waals surface area contributed by atoms with Crippen LogP contribution in [0.1, 0.15) is 18.1 Å². The molecule has 1 aliphatic heterocycles. The number of nitrogens with zero attached hydrogens (tertiary/aromatic N) is 2. The third-order valence-corrected chi connectivity index (χ3v) is 3.81. The Morgan fingerprint density at radius 1 is 1.30 bits per heavy atom. The van der Waals surface area contributed by atoms with E-state index in [1.54, 1.807) is 13.0 Å². The number of aryl methyl sites for hydroxylation is 1. The van der Waals surface area contributed by atoms with E-state index in [1.165, 1.54) is 6.07 Å². The minimum Gasteiger partial charge on any atom is -0.379 e. The minimum atomic E-state index is -0.173. The van der Waals surface area contributed by atoms with E-state index < -0.39 is 0 Å². The van der Waals surface area contributed by atoms with Gasteiger partial charge < -0.3 is 15.4 Å². The van der Waals surface area contributed by atoms with Gasteiger partial charge in [0.25, 0.3) is 0 Å². The lowest BCUT2D eigenvalue weighted by Gasteiger charge is -2.26. The molecule has 0 amide bonds. The van der Waals surface area contributed by atoms with Crippen molar-refractivity contribution in [1.29, 1.82) is 0 Å². The SMILES string of the molecule is CCNC(=NCc1ccc(F)c(C)c1)NCCN1CCOCC1. The van der Waals surface area contributed by atoms with Crippen LogP contribution < -0.4 is 10.6 Å². The third-order valence-electron chi connectivity index (χ3n) is 3.81. The first kappa shape index (κ1) is 17.7. The van der Waals surface area contributed by atoms with Gasteiger partial charge in [0, 0.05) is 32.7 Å². The Hall–Kier alpha value is -1.66. The van der Waals surface area contributed by atoms with E-state index in [9.17, 15) is 4.39 Å². The van der Waals surface area contributed by atoms with Gasteiger partial charge >= 0.3 is 0 Å². The fourth-order valence-corrected chi connectivity index (χ4v) is 2.47. The topological polar surface area (TPSA) is 48.9 Å². The molecule has 1 fully saturated rings. The largest absolute Gasteiger partial charge is 0.379 e. The molecular formula is C17H27FN4O. The summed E-state index contributed by atoms with van der Waals surface area (Å²) in [5.41, 5.74) is 1.66. The molecule has 0 saturated carbocycles. The molecule has 23 heavy (non-hydrogen) atoms. The highest BCUT2D eigenvalue weighted by Gasteiger charge is 2.09. The van der Waals surface area contributed by atoms with Gasteiger partial charge in [0.2, 0.25) is 0 Å². The summed E-state index contributed by atoms with van der Waals surface area (Å²) in [6.07, 6.45) is 0. The summed E-state index contributed by atoms with van der Waals surface area (Å²) in [6.45, 7) is 10.6. The summed E-state index contributed by atoms with van der Waals surface area (Å²) < 4.78 is 18.6. The Bertz CT molecular complexity index is 515. The average Bonchev–Trinajstić information content (AvgIpc) is 2.56. The molecule has 1 aromatic rings. The number of guanidine groups is 1. The first-order chi connectivity index (χ1) is 11.2. The lowest BCUT2D eigenvalue weighted by molar-refractivity contribution is 0.0389. The van der Waals surface area contributed by atoms with Crippen LogP contribution in [-0.2, 0) is 11.3 Å². The second-order valence-electron chi connectivity index (χ2n) is 5.66. The van der Waals surface area contributed by atoms with Gasteiger partial charge in [0.1, 0.15) is 5.82 Å². The number of halogens is 1. The number of nitrogens with one attached hydrogen (secondary N) is 2. The van der Waals surface area contributed by atoms with Gasteiger partial charge in [-0.05, 0) is 31.0 Å². The van der Waals surface area contributed by atoms with Gasteiger partial charge in [0.05, 0.1) is 19.8 Å². The van der Waals surface area contributed by atoms with Gasteiger partial charge in [-0.15, -0.1) is 0 Å². The number of rotatable bonds is 6. The van der Waals surface area contributed by atoms with Crippen LogP contribution >= 0.6 is 0 Å². The first-order valence-electron chi connectivity index (χ1n) is 8.26. The molecular weight excluding hydrogens is 295 g/mol. The Morgan fingerprint density at radius 3 is 2.78 bits per heavy atom. The van der Waals surface area contributed by atoms with Gasteiger partial charge in [-0.1, -0.05) is 12.1 Å². The molecule has 0 spiro atoms. The molecule has 1 saturated heterocycles. The number of ether oxygens (including phenoxy) is 1. The summed E-state index contributed by atoms with van der Waals surface area (Å²) in [4.78, 5) is 6.94. The number of benzene rings is 1. The van der Waals surface area contributed by atoms with Crippen molar-refractivity contribution in [3.8, 4) is 0 Å². The molecule has 128 valence electrons. The van der Waals surface area contributed by atoms with Crippen molar-refractivity contribution in [2.45, 2.75) is 20.4 Å². The molecule has 1 heterocycles. The Labute approximate surface area is 137 Å². The van der Waals surface area contributed by atoms with Crippen molar-refractivity contribution in [3.63, 3.8) is 0 Å². The Balaban J connectivity index is 1.82. The van der Waals surface area contributed by atoms with Gasteiger partial charge in [0.15, 0.2) is 5.96 Å². The monoisotopic (exact) mass is 322 g/mol. The summed E-state index contributed by atoms with van der Waals surface area (Å²) in [5, 5.41) is 6.58. The van der Waals surface area contributed by atoms with Crippen molar-refractivity contribution >= 4 is 5.96 Å². The molecule has 5 nitrogen and oxygen atoms in total. The van der Waals surface area contributed by atoms with E-state index in [-0.39, 0.29) is 5.82 Å². The van der Waals surface area contributed by atoms with Gasteiger partial charge in [-0.25, -0.2) is 9.38 Å². The van der Waals surface area contributed by atoms with Crippen LogP contribution in [0, 0.1) is 12.7 Å². The molecule has 0 radical (unpaired) electrons. The van der Waals surface area contributed by atoms with Crippen molar-refractivity contribution in [2.75, 3.05) is 45.9 Å². The fraction of sp³-hybridized carbons (Fsp3) is 0.588. The lowest BCUT2D eigenvalue weighted by atomic mass is 10.1. The fourth-order valence-electron chi connectivity index (χ4n) is 2.47. The minimum absolute atomic E-state index is 0.173. The maximum atomic E-state index is 13.3. The molecule has 0 atom stereocenters. The standard InChI is InChI=1S/C17H27FN4O/c1-3-19-17(20-6-7-22-8-10-23-11-9-22)21-13-15-4-5-16(18)14(2)12-15/h4-5,12H,3,6-11,13H2,1-2H3,(H2,19,20,21). The zero-order valence-electron chi connectivity index (χ0n) is 14.1. The molecule has 0 aliphatic carbocycles.